The van der Waals surface area contributed by atoms with Crippen LogP contribution < -0.4 is 9.80 Å². The van der Waals surface area contributed by atoms with Crippen LogP contribution in [0.1, 0.15) is 44.1 Å². The van der Waals surface area contributed by atoms with Gasteiger partial charge in [0.05, 0.1) is 5.69 Å². The Hall–Kier alpha value is -5.28. The van der Waals surface area contributed by atoms with E-state index in [1.807, 2.05) is 0 Å². The van der Waals surface area contributed by atoms with E-state index in [-0.39, 0.29) is 0 Å². The molecule has 4 saturated carbocycles. The van der Waals surface area contributed by atoms with Crippen LogP contribution in [0.4, 0.5) is 34.1 Å². The van der Waals surface area contributed by atoms with Crippen molar-refractivity contribution in [2.45, 2.75) is 43.9 Å². The first-order chi connectivity index (χ1) is 24.2. The fourth-order valence-electron chi connectivity index (χ4n) is 10.1. The number of benzene rings is 6. The molecule has 0 N–H and O–H groups in total. The summed E-state index contributed by atoms with van der Waals surface area (Å²) >= 11 is 0. The van der Waals surface area contributed by atoms with Gasteiger partial charge in [0.25, 0.3) is 0 Å². The van der Waals surface area contributed by atoms with Crippen LogP contribution in [0.5, 0.6) is 0 Å². The van der Waals surface area contributed by atoms with Crippen LogP contribution >= 0.6 is 0 Å². The zero-order valence-electron chi connectivity index (χ0n) is 27.7. The monoisotopic (exact) mass is 636 g/mol. The second-order valence-corrected chi connectivity index (χ2v) is 14.9. The summed E-state index contributed by atoms with van der Waals surface area (Å²) in [6, 6.07) is 54.6. The summed E-state index contributed by atoms with van der Waals surface area (Å²) in [6.45, 7) is 0. The molecule has 0 aliphatic heterocycles. The summed E-state index contributed by atoms with van der Waals surface area (Å²) in [4.78, 5) is 4.66. The smallest absolute Gasteiger partial charge is 0.159 e. The number of hydrogen-bond donors (Lipinski definition) is 0. The number of rotatable bonds is 7. The zero-order valence-corrected chi connectivity index (χ0v) is 27.7. The maximum atomic E-state index is 6.86. The summed E-state index contributed by atoms with van der Waals surface area (Å²) in [5.41, 5.74) is 10.3. The molecule has 0 atom stereocenters. The molecule has 3 nitrogen and oxygen atoms in total. The molecule has 0 amide bonds. The number of furan rings is 1. The van der Waals surface area contributed by atoms with Gasteiger partial charge >= 0.3 is 0 Å². The Morgan fingerprint density at radius 3 is 1.53 bits per heavy atom. The average Bonchev–Trinajstić information content (AvgIpc) is 3.52. The molecule has 4 bridgehead atoms. The molecule has 4 aliphatic rings. The molecule has 49 heavy (non-hydrogen) atoms. The Balaban J connectivity index is 1.07. The van der Waals surface area contributed by atoms with Gasteiger partial charge in [0.15, 0.2) is 5.58 Å². The van der Waals surface area contributed by atoms with E-state index in [1.54, 1.807) is 5.56 Å². The maximum absolute atomic E-state index is 6.86. The first-order valence-corrected chi connectivity index (χ1v) is 18.0. The third kappa shape index (κ3) is 4.86. The summed E-state index contributed by atoms with van der Waals surface area (Å²) in [5.74, 6) is 2.82. The molecule has 7 aromatic rings. The van der Waals surface area contributed by atoms with Crippen molar-refractivity contribution in [1.82, 2.24) is 0 Å². The second kappa shape index (κ2) is 11.4. The number of fused-ring (bicyclic) bond motifs is 3. The minimum Gasteiger partial charge on any atom is -0.454 e. The van der Waals surface area contributed by atoms with Crippen molar-refractivity contribution < 1.29 is 4.42 Å². The fraction of sp³-hybridized carbons (Fsp3) is 0.217. The normalized spacial score (nSPS) is 22.5. The molecule has 1 aromatic heterocycles. The van der Waals surface area contributed by atoms with E-state index in [2.05, 4.69) is 161 Å². The molecule has 4 fully saturated rings. The highest BCUT2D eigenvalue weighted by Crippen LogP contribution is 2.61. The van der Waals surface area contributed by atoms with Crippen LogP contribution in [-0.4, -0.2) is 0 Å². The topological polar surface area (TPSA) is 19.6 Å². The van der Waals surface area contributed by atoms with Crippen LogP contribution in [0.3, 0.4) is 0 Å². The maximum Gasteiger partial charge on any atom is 0.159 e. The van der Waals surface area contributed by atoms with E-state index in [0.29, 0.717) is 5.41 Å². The minimum atomic E-state index is 0.392. The average molecular weight is 637 g/mol. The highest BCUT2D eigenvalue weighted by atomic mass is 16.3. The number of hydrogen-bond acceptors (Lipinski definition) is 3. The molecule has 11 rings (SSSR count). The van der Waals surface area contributed by atoms with Crippen LogP contribution in [0.15, 0.2) is 156 Å². The van der Waals surface area contributed by atoms with E-state index < -0.39 is 0 Å². The molecule has 0 saturated heterocycles. The second-order valence-electron chi connectivity index (χ2n) is 14.9. The third-order valence-electron chi connectivity index (χ3n) is 11.8. The van der Waals surface area contributed by atoms with E-state index in [4.69, 9.17) is 4.42 Å². The van der Waals surface area contributed by atoms with Crippen LogP contribution in [0.25, 0.3) is 21.9 Å². The predicted molar refractivity (Wildman–Crippen MR) is 203 cm³/mol. The molecule has 6 aromatic carbocycles. The number of nitrogens with zero attached hydrogens (tertiary/aromatic N) is 2. The van der Waals surface area contributed by atoms with Gasteiger partial charge in [0.1, 0.15) is 5.58 Å². The third-order valence-corrected chi connectivity index (χ3v) is 11.8. The minimum absolute atomic E-state index is 0.392. The van der Waals surface area contributed by atoms with Gasteiger partial charge in [0.2, 0.25) is 0 Å². The van der Waals surface area contributed by atoms with Gasteiger partial charge in [0, 0.05) is 45.3 Å². The van der Waals surface area contributed by atoms with Crippen molar-refractivity contribution >= 4 is 56.1 Å². The summed E-state index contributed by atoms with van der Waals surface area (Å²) < 4.78 is 6.86. The molecule has 240 valence electrons. The highest BCUT2D eigenvalue weighted by Gasteiger charge is 2.51. The van der Waals surface area contributed by atoms with E-state index >= 15 is 0 Å². The van der Waals surface area contributed by atoms with Gasteiger partial charge in [-0.2, -0.15) is 0 Å². The van der Waals surface area contributed by atoms with Crippen LogP contribution in [0, 0.1) is 17.8 Å². The molecule has 1 heterocycles. The molecule has 4 aliphatic carbocycles. The van der Waals surface area contributed by atoms with Crippen molar-refractivity contribution in [2.24, 2.45) is 17.8 Å². The molecule has 0 unspecified atom stereocenters. The van der Waals surface area contributed by atoms with E-state index in [1.165, 1.54) is 44.2 Å². The lowest BCUT2D eigenvalue weighted by molar-refractivity contribution is -0.00518. The Morgan fingerprint density at radius 1 is 0.449 bits per heavy atom. The first-order valence-electron chi connectivity index (χ1n) is 18.0. The Labute approximate surface area is 288 Å². The highest BCUT2D eigenvalue weighted by molar-refractivity contribution is 6.11. The number of anilines is 6. The first kappa shape index (κ1) is 28.7. The summed E-state index contributed by atoms with van der Waals surface area (Å²) in [7, 11) is 0. The molecule has 3 heteroatoms. The van der Waals surface area contributed by atoms with Gasteiger partial charge in [-0.3, -0.25) is 0 Å². The predicted octanol–water partition coefficient (Wildman–Crippen LogP) is 13.0. The molecule has 0 radical (unpaired) electrons. The van der Waals surface area contributed by atoms with Crippen molar-refractivity contribution in [3.05, 3.63) is 157 Å². The summed E-state index contributed by atoms with van der Waals surface area (Å²) in [5, 5.41) is 2.23. The van der Waals surface area contributed by atoms with Gasteiger partial charge in [-0.05, 0) is 134 Å². The van der Waals surface area contributed by atoms with Crippen molar-refractivity contribution in [2.75, 3.05) is 9.80 Å². The van der Waals surface area contributed by atoms with Gasteiger partial charge in [-0.1, -0.05) is 78.9 Å². The van der Waals surface area contributed by atoms with E-state index in [0.717, 1.165) is 68.1 Å². The van der Waals surface area contributed by atoms with Crippen molar-refractivity contribution in [1.29, 1.82) is 0 Å². The lowest BCUT2D eigenvalue weighted by Gasteiger charge is -2.57. The fourth-order valence-corrected chi connectivity index (χ4v) is 10.1. The van der Waals surface area contributed by atoms with Crippen molar-refractivity contribution in [3.8, 4) is 0 Å². The molecular weight excluding hydrogens is 597 g/mol. The van der Waals surface area contributed by atoms with Gasteiger partial charge < -0.3 is 14.2 Å². The SMILES string of the molecule is c1ccc(N(c2ccc(C34CC5CC(CC(C5)C3)C4)cc2)c2ccc3c(c2)oc2c(N(c4ccccc4)c4ccccc4)cccc23)cc1. The van der Waals surface area contributed by atoms with Crippen molar-refractivity contribution in [3.63, 3.8) is 0 Å². The molecular formula is C46H40N2O. The largest absolute Gasteiger partial charge is 0.454 e. The Kier molecular flexibility index (Phi) is 6.69. The Morgan fingerprint density at radius 2 is 0.959 bits per heavy atom. The van der Waals surface area contributed by atoms with Gasteiger partial charge in [-0.15, -0.1) is 0 Å². The zero-order chi connectivity index (χ0) is 32.4. The van der Waals surface area contributed by atoms with Crippen LogP contribution in [0.2, 0.25) is 0 Å². The van der Waals surface area contributed by atoms with E-state index in [9.17, 15) is 0 Å². The molecule has 0 spiro atoms. The quantitative estimate of drug-likeness (QED) is 0.174. The number of para-hydroxylation sites is 4. The Bertz CT molecular complexity index is 2180. The lowest BCUT2D eigenvalue weighted by atomic mass is 9.48. The standard InChI is InChI=1S/C46H40N2O/c1-4-11-36(12-5-1)47(39-21-19-35(20-22-39)46-29-32-25-33(30-46)27-34(26-32)31-46)40-23-24-41-42-17-10-18-43(45(42)49-44(41)28-40)48(37-13-6-2-7-14-37)38-15-8-3-9-16-38/h1-24,28,32-34H,25-27,29-31H2. The van der Waals surface area contributed by atoms with Crippen LogP contribution in [-0.2, 0) is 5.41 Å². The lowest BCUT2D eigenvalue weighted by Crippen LogP contribution is -2.48. The van der Waals surface area contributed by atoms with Gasteiger partial charge in [-0.25, -0.2) is 0 Å². The summed E-state index contributed by atoms with van der Waals surface area (Å²) in [6.07, 6.45) is 8.58.